The summed E-state index contributed by atoms with van der Waals surface area (Å²) < 4.78 is 11.3. The van der Waals surface area contributed by atoms with E-state index in [1.54, 1.807) is 7.11 Å². The van der Waals surface area contributed by atoms with Gasteiger partial charge in [-0.25, -0.2) is 0 Å². The molecule has 120 valence electrons. The standard InChI is InChI=1S/C20H22O3/c1-22-20-13-16(17-9-5-6-10-18(17)21)11-12-19(20)23-14-15-7-3-2-4-8-15/h2-4,7-8,11-13,17H,5-6,9-10,14H2,1H3. The van der Waals surface area contributed by atoms with Crippen molar-refractivity contribution in [2.75, 3.05) is 7.11 Å². The van der Waals surface area contributed by atoms with Crippen LogP contribution >= 0.6 is 0 Å². The van der Waals surface area contributed by atoms with Gasteiger partial charge >= 0.3 is 0 Å². The molecule has 0 heterocycles. The Morgan fingerprint density at radius 3 is 2.61 bits per heavy atom. The number of carbonyl (C=O) groups excluding carboxylic acids is 1. The summed E-state index contributed by atoms with van der Waals surface area (Å²) in [6, 6.07) is 15.9. The van der Waals surface area contributed by atoms with E-state index in [1.165, 1.54) is 0 Å². The van der Waals surface area contributed by atoms with Gasteiger partial charge in [0.2, 0.25) is 0 Å². The number of ketones is 1. The molecule has 1 atom stereocenters. The summed E-state index contributed by atoms with van der Waals surface area (Å²) in [4.78, 5) is 12.1. The molecule has 0 bridgehead atoms. The van der Waals surface area contributed by atoms with Crippen LogP contribution in [-0.4, -0.2) is 12.9 Å². The topological polar surface area (TPSA) is 35.5 Å². The van der Waals surface area contributed by atoms with Gasteiger partial charge < -0.3 is 9.47 Å². The fourth-order valence-electron chi connectivity index (χ4n) is 3.09. The molecule has 1 fully saturated rings. The van der Waals surface area contributed by atoms with Gasteiger partial charge in [0.25, 0.3) is 0 Å². The number of hydrogen-bond donors (Lipinski definition) is 0. The zero-order valence-electron chi connectivity index (χ0n) is 13.5. The van der Waals surface area contributed by atoms with Crippen molar-refractivity contribution in [3.8, 4) is 11.5 Å². The van der Waals surface area contributed by atoms with Crippen LogP contribution < -0.4 is 9.47 Å². The lowest BCUT2D eigenvalue weighted by atomic mass is 9.83. The van der Waals surface area contributed by atoms with E-state index in [-0.39, 0.29) is 5.92 Å². The average molecular weight is 310 g/mol. The quantitative estimate of drug-likeness (QED) is 0.815. The van der Waals surface area contributed by atoms with Gasteiger partial charge in [-0.05, 0) is 36.1 Å². The van der Waals surface area contributed by atoms with Crippen molar-refractivity contribution in [2.45, 2.75) is 38.2 Å². The van der Waals surface area contributed by atoms with E-state index in [9.17, 15) is 4.79 Å². The molecular weight excluding hydrogens is 288 g/mol. The summed E-state index contributed by atoms with van der Waals surface area (Å²) in [6.07, 6.45) is 3.77. The molecule has 2 aromatic rings. The molecule has 0 spiro atoms. The van der Waals surface area contributed by atoms with Crippen LogP contribution in [0.4, 0.5) is 0 Å². The molecule has 1 aliphatic rings. The fraction of sp³-hybridized carbons (Fsp3) is 0.350. The largest absolute Gasteiger partial charge is 0.493 e. The molecule has 0 aromatic heterocycles. The second kappa shape index (κ2) is 7.32. The summed E-state index contributed by atoms with van der Waals surface area (Å²) in [5, 5.41) is 0. The highest BCUT2D eigenvalue weighted by atomic mass is 16.5. The Hall–Kier alpha value is -2.29. The number of hydrogen-bond acceptors (Lipinski definition) is 3. The zero-order valence-corrected chi connectivity index (χ0v) is 13.5. The molecule has 1 unspecified atom stereocenters. The third-order valence-electron chi connectivity index (χ3n) is 4.38. The molecule has 1 saturated carbocycles. The Balaban J connectivity index is 1.75. The first-order valence-electron chi connectivity index (χ1n) is 8.15. The fourth-order valence-corrected chi connectivity index (χ4v) is 3.09. The average Bonchev–Trinajstić information content (AvgIpc) is 2.61. The first kappa shape index (κ1) is 15.6. The Morgan fingerprint density at radius 1 is 1.04 bits per heavy atom. The summed E-state index contributed by atoms with van der Waals surface area (Å²) >= 11 is 0. The molecule has 3 heteroatoms. The lowest BCUT2D eigenvalue weighted by Gasteiger charge is -2.22. The van der Waals surface area contributed by atoms with Crippen LogP contribution in [0.2, 0.25) is 0 Å². The van der Waals surface area contributed by atoms with E-state index >= 15 is 0 Å². The maximum atomic E-state index is 12.1. The van der Waals surface area contributed by atoms with Crippen LogP contribution in [0.1, 0.15) is 42.7 Å². The van der Waals surface area contributed by atoms with Crippen LogP contribution in [-0.2, 0) is 11.4 Å². The van der Waals surface area contributed by atoms with Gasteiger partial charge in [0.15, 0.2) is 11.5 Å². The SMILES string of the molecule is COc1cc(C2CCCCC2=O)ccc1OCc1ccccc1. The Morgan fingerprint density at radius 2 is 1.87 bits per heavy atom. The van der Waals surface area contributed by atoms with Crippen LogP contribution in [0.15, 0.2) is 48.5 Å². The first-order chi connectivity index (χ1) is 11.3. The Labute approximate surface area is 137 Å². The lowest BCUT2D eigenvalue weighted by molar-refractivity contribution is -0.121. The van der Waals surface area contributed by atoms with Gasteiger partial charge in [-0.15, -0.1) is 0 Å². The molecule has 0 aliphatic heterocycles. The smallest absolute Gasteiger partial charge is 0.161 e. The minimum atomic E-state index is 0.0147. The highest BCUT2D eigenvalue weighted by Gasteiger charge is 2.24. The van der Waals surface area contributed by atoms with Gasteiger partial charge in [-0.1, -0.05) is 42.8 Å². The highest BCUT2D eigenvalue weighted by Crippen LogP contribution is 2.36. The number of benzene rings is 2. The third-order valence-corrected chi connectivity index (χ3v) is 4.38. The molecule has 3 nitrogen and oxygen atoms in total. The number of methoxy groups -OCH3 is 1. The highest BCUT2D eigenvalue weighted by molar-refractivity contribution is 5.86. The maximum absolute atomic E-state index is 12.1. The molecule has 0 amide bonds. The second-order valence-corrected chi connectivity index (χ2v) is 5.95. The second-order valence-electron chi connectivity index (χ2n) is 5.95. The van der Waals surface area contributed by atoms with E-state index in [0.29, 0.717) is 30.3 Å². The summed E-state index contributed by atoms with van der Waals surface area (Å²) in [5.41, 5.74) is 2.15. The van der Waals surface area contributed by atoms with Crippen molar-refractivity contribution >= 4 is 5.78 Å². The maximum Gasteiger partial charge on any atom is 0.161 e. The van der Waals surface area contributed by atoms with Gasteiger partial charge in [0, 0.05) is 12.3 Å². The van der Waals surface area contributed by atoms with Crippen LogP contribution in [0.5, 0.6) is 11.5 Å². The van der Waals surface area contributed by atoms with Crippen molar-refractivity contribution in [3.05, 3.63) is 59.7 Å². The van der Waals surface area contributed by atoms with Gasteiger partial charge in [-0.2, -0.15) is 0 Å². The Bertz CT molecular complexity index is 664. The van der Waals surface area contributed by atoms with Gasteiger partial charge in [0.05, 0.1) is 7.11 Å². The molecule has 0 saturated heterocycles. The number of rotatable bonds is 5. The molecular formula is C20H22O3. The van der Waals surface area contributed by atoms with Crippen molar-refractivity contribution in [2.24, 2.45) is 0 Å². The van der Waals surface area contributed by atoms with Gasteiger partial charge in [-0.3, -0.25) is 4.79 Å². The van der Waals surface area contributed by atoms with E-state index < -0.39 is 0 Å². The van der Waals surface area contributed by atoms with Crippen molar-refractivity contribution in [3.63, 3.8) is 0 Å². The van der Waals surface area contributed by atoms with Crippen LogP contribution in [0.3, 0.4) is 0 Å². The molecule has 0 N–H and O–H groups in total. The first-order valence-corrected chi connectivity index (χ1v) is 8.15. The monoisotopic (exact) mass is 310 g/mol. The van der Waals surface area contributed by atoms with Crippen molar-refractivity contribution < 1.29 is 14.3 Å². The normalized spacial score (nSPS) is 17.8. The van der Waals surface area contributed by atoms with E-state index in [1.807, 2.05) is 48.5 Å². The minimum Gasteiger partial charge on any atom is -0.493 e. The number of ether oxygens (including phenoxy) is 2. The number of carbonyl (C=O) groups is 1. The van der Waals surface area contributed by atoms with E-state index in [2.05, 4.69) is 0 Å². The summed E-state index contributed by atoms with van der Waals surface area (Å²) in [5.74, 6) is 1.76. The van der Waals surface area contributed by atoms with Crippen LogP contribution in [0, 0.1) is 0 Å². The van der Waals surface area contributed by atoms with E-state index in [0.717, 1.165) is 30.4 Å². The van der Waals surface area contributed by atoms with Crippen molar-refractivity contribution in [1.29, 1.82) is 0 Å². The summed E-state index contributed by atoms with van der Waals surface area (Å²) in [7, 11) is 1.64. The molecule has 2 aromatic carbocycles. The lowest BCUT2D eigenvalue weighted by Crippen LogP contribution is -2.17. The Kier molecular flexibility index (Phi) is 4.96. The zero-order chi connectivity index (χ0) is 16.1. The molecule has 3 rings (SSSR count). The number of Topliss-reactive ketones (excluding diaryl/α,β-unsaturated/α-hetero) is 1. The van der Waals surface area contributed by atoms with Gasteiger partial charge in [0.1, 0.15) is 12.4 Å². The van der Waals surface area contributed by atoms with Crippen molar-refractivity contribution in [1.82, 2.24) is 0 Å². The molecule has 23 heavy (non-hydrogen) atoms. The molecule has 1 aliphatic carbocycles. The van der Waals surface area contributed by atoms with E-state index in [4.69, 9.17) is 9.47 Å². The third kappa shape index (κ3) is 3.73. The minimum absolute atomic E-state index is 0.0147. The summed E-state index contributed by atoms with van der Waals surface area (Å²) in [6.45, 7) is 0.499. The van der Waals surface area contributed by atoms with Crippen LogP contribution in [0.25, 0.3) is 0 Å². The predicted octanol–water partition coefficient (Wildman–Crippen LogP) is 4.50. The predicted molar refractivity (Wildman–Crippen MR) is 90.0 cm³/mol. The molecule has 0 radical (unpaired) electrons.